The second kappa shape index (κ2) is 4.38. The van der Waals surface area contributed by atoms with Crippen molar-refractivity contribution in [2.45, 2.75) is 25.3 Å². The standard InChI is InChI=1S/C13H17BrN2/c14-12-4-1-3-10-5-6-11(15-13(10)12)9-16-7-2-8-16/h1,3-4,11,15H,2,5-9H2. The van der Waals surface area contributed by atoms with Crippen molar-refractivity contribution in [3.63, 3.8) is 0 Å². The molecule has 2 aliphatic heterocycles. The van der Waals surface area contributed by atoms with E-state index in [1.165, 1.54) is 54.6 Å². The Balaban J connectivity index is 1.72. The van der Waals surface area contributed by atoms with E-state index in [1.807, 2.05) is 0 Å². The van der Waals surface area contributed by atoms with Crippen molar-refractivity contribution in [1.29, 1.82) is 0 Å². The molecular weight excluding hydrogens is 264 g/mol. The number of halogens is 1. The number of hydrogen-bond acceptors (Lipinski definition) is 2. The van der Waals surface area contributed by atoms with Gasteiger partial charge < -0.3 is 10.2 Å². The van der Waals surface area contributed by atoms with Crippen LogP contribution in [0.3, 0.4) is 0 Å². The molecule has 0 bridgehead atoms. The van der Waals surface area contributed by atoms with Crippen molar-refractivity contribution >= 4 is 21.6 Å². The van der Waals surface area contributed by atoms with Gasteiger partial charge >= 0.3 is 0 Å². The topological polar surface area (TPSA) is 15.3 Å². The van der Waals surface area contributed by atoms with Gasteiger partial charge in [0.05, 0.1) is 5.69 Å². The zero-order valence-electron chi connectivity index (χ0n) is 9.38. The summed E-state index contributed by atoms with van der Waals surface area (Å²) in [6.07, 6.45) is 3.85. The van der Waals surface area contributed by atoms with Gasteiger partial charge in [0.1, 0.15) is 0 Å². The summed E-state index contributed by atoms with van der Waals surface area (Å²) >= 11 is 3.63. The Morgan fingerprint density at radius 3 is 3.00 bits per heavy atom. The molecular formula is C13H17BrN2. The third-order valence-electron chi connectivity index (χ3n) is 3.64. The average molecular weight is 281 g/mol. The molecule has 1 N–H and O–H groups in total. The van der Waals surface area contributed by atoms with E-state index in [1.54, 1.807) is 0 Å². The van der Waals surface area contributed by atoms with Gasteiger partial charge in [-0.15, -0.1) is 0 Å². The maximum atomic E-state index is 3.68. The Morgan fingerprint density at radius 1 is 1.38 bits per heavy atom. The molecule has 1 fully saturated rings. The van der Waals surface area contributed by atoms with Gasteiger partial charge in [-0.25, -0.2) is 0 Å². The minimum absolute atomic E-state index is 0.631. The van der Waals surface area contributed by atoms with Gasteiger partial charge in [0.25, 0.3) is 0 Å². The average Bonchev–Trinajstić information content (AvgIpc) is 2.24. The molecule has 0 spiro atoms. The van der Waals surface area contributed by atoms with E-state index in [0.717, 1.165) is 0 Å². The molecule has 0 amide bonds. The van der Waals surface area contributed by atoms with E-state index in [2.05, 4.69) is 44.3 Å². The minimum Gasteiger partial charge on any atom is -0.380 e. The molecule has 2 aliphatic rings. The summed E-state index contributed by atoms with van der Waals surface area (Å²) in [5.74, 6) is 0. The fraction of sp³-hybridized carbons (Fsp3) is 0.538. The van der Waals surface area contributed by atoms with Gasteiger partial charge in [-0.2, -0.15) is 0 Å². The number of anilines is 1. The van der Waals surface area contributed by atoms with Crippen LogP contribution in [0.5, 0.6) is 0 Å². The summed E-state index contributed by atoms with van der Waals surface area (Å²) in [6.45, 7) is 3.79. The summed E-state index contributed by atoms with van der Waals surface area (Å²) in [4.78, 5) is 2.54. The van der Waals surface area contributed by atoms with Crippen LogP contribution in [0.2, 0.25) is 0 Å². The number of benzene rings is 1. The fourth-order valence-corrected chi connectivity index (χ4v) is 3.08. The van der Waals surface area contributed by atoms with Crippen LogP contribution in [0.15, 0.2) is 22.7 Å². The van der Waals surface area contributed by atoms with Gasteiger partial charge in [0.2, 0.25) is 0 Å². The van der Waals surface area contributed by atoms with Crippen LogP contribution in [-0.4, -0.2) is 30.6 Å². The molecule has 1 saturated heterocycles. The Hall–Kier alpha value is -0.540. The van der Waals surface area contributed by atoms with Crippen LogP contribution in [0.4, 0.5) is 5.69 Å². The summed E-state index contributed by atoms with van der Waals surface area (Å²) in [5, 5.41) is 3.68. The van der Waals surface area contributed by atoms with E-state index in [0.29, 0.717) is 6.04 Å². The smallest absolute Gasteiger partial charge is 0.0519 e. The molecule has 3 heteroatoms. The molecule has 0 aliphatic carbocycles. The summed E-state index contributed by atoms with van der Waals surface area (Å²) in [7, 11) is 0. The van der Waals surface area contributed by atoms with Crippen LogP contribution in [-0.2, 0) is 6.42 Å². The molecule has 0 saturated carbocycles. The van der Waals surface area contributed by atoms with Crippen molar-refractivity contribution in [2.75, 3.05) is 25.0 Å². The second-order valence-corrected chi connectivity index (χ2v) is 5.66. The van der Waals surface area contributed by atoms with Crippen molar-refractivity contribution < 1.29 is 0 Å². The third-order valence-corrected chi connectivity index (χ3v) is 4.30. The molecule has 1 unspecified atom stereocenters. The minimum atomic E-state index is 0.631. The van der Waals surface area contributed by atoms with Crippen LogP contribution in [0.1, 0.15) is 18.4 Å². The Bertz CT molecular complexity index is 388. The Morgan fingerprint density at radius 2 is 2.25 bits per heavy atom. The molecule has 16 heavy (non-hydrogen) atoms. The lowest BCUT2D eigenvalue weighted by atomic mass is 9.97. The number of rotatable bonds is 2. The first kappa shape index (κ1) is 10.6. The highest BCUT2D eigenvalue weighted by atomic mass is 79.9. The number of hydrogen-bond donors (Lipinski definition) is 1. The first-order chi connectivity index (χ1) is 7.83. The number of aryl methyl sites for hydroxylation is 1. The van der Waals surface area contributed by atoms with Gasteiger partial charge in [-0.1, -0.05) is 12.1 Å². The van der Waals surface area contributed by atoms with E-state index < -0.39 is 0 Å². The second-order valence-electron chi connectivity index (χ2n) is 4.81. The highest BCUT2D eigenvalue weighted by Gasteiger charge is 2.23. The van der Waals surface area contributed by atoms with Crippen LogP contribution in [0, 0.1) is 0 Å². The van der Waals surface area contributed by atoms with E-state index in [9.17, 15) is 0 Å². The SMILES string of the molecule is Brc1cccc2c1NC(CN1CCC1)CC2. The molecule has 0 aromatic heterocycles. The number of fused-ring (bicyclic) bond motifs is 1. The first-order valence-electron chi connectivity index (χ1n) is 6.09. The van der Waals surface area contributed by atoms with Crippen LogP contribution < -0.4 is 5.32 Å². The Labute approximate surface area is 105 Å². The highest BCUT2D eigenvalue weighted by Crippen LogP contribution is 2.32. The van der Waals surface area contributed by atoms with E-state index in [-0.39, 0.29) is 0 Å². The van der Waals surface area contributed by atoms with Crippen LogP contribution in [0.25, 0.3) is 0 Å². The molecule has 86 valence electrons. The predicted molar refractivity (Wildman–Crippen MR) is 70.9 cm³/mol. The largest absolute Gasteiger partial charge is 0.380 e. The highest BCUT2D eigenvalue weighted by molar-refractivity contribution is 9.10. The number of nitrogens with zero attached hydrogens (tertiary/aromatic N) is 1. The number of likely N-dealkylation sites (tertiary alicyclic amines) is 1. The summed E-state index contributed by atoms with van der Waals surface area (Å²) in [6, 6.07) is 7.11. The maximum absolute atomic E-state index is 3.68. The fourth-order valence-electron chi connectivity index (χ4n) is 2.56. The zero-order chi connectivity index (χ0) is 11.0. The molecule has 1 aromatic rings. The summed E-state index contributed by atoms with van der Waals surface area (Å²) < 4.78 is 1.21. The third kappa shape index (κ3) is 1.98. The lowest BCUT2D eigenvalue weighted by molar-refractivity contribution is 0.171. The predicted octanol–water partition coefficient (Wildman–Crippen LogP) is 2.88. The van der Waals surface area contributed by atoms with Crippen LogP contribution >= 0.6 is 15.9 Å². The summed E-state index contributed by atoms with van der Waals surface area (Å²) in [5.41, 5.74) is 2.77. The molecule has 1 aromatic carbocycles. The Kier molecular flexibility index (Phi) is 2.90. The van der Waals surface area contributed by atoms with Crippen molar-refractivity contribution in [1.82, 2.24) is 4.90 Å². The lowest BCUT2D eigenvalue weighted by Crippen LogP contribution is -2.45. The monoisotopic (exact) mass is 280 g/mol. The van der Waals surface area contributed by atoms with E-state index >= 15 is 0 Å². The van der Waals surface area contributed by atoms with Crippen molar-refractivity contribution in [3.8, 4) is 0 Å². The first-order valence-corrected chi connectivity index (χ1v) is 6.88. The molecule has 1 atom stereocenters. The number of nitrogens with one attached hydrogen (secondary N) is 1. The maximum Gasteiger partial charge on any atom is 0.0519 e. The van der Waals surface area contributed by atoms with Crippen molar-refractivity contribution in [2.24, 2.45) is 0 Å². The lowest BCUT2D eigenvalue weighted by Gasteiger charge is -2.37. The molecule has 2 heterocycles. The molecule has 0 radical (unpaired) electrons. The molecule has 2 nitrogen and oxygen atoms in total. The molecule has 3 rings (SSSR count). The number of para-hydroxylation sites is 1. The van der Waals surface area contributed by atoms with E-state index in [4.69, 9.17) is 0 Å². The van der Waals surface area contributed by atoms with Gasteiger partial charge in [0.15, 0.2) is 0 Å². The van der Waals surface area contributed by atoms with Gasteiger partial charge in [0, 0.05) is 17.1 Å². The van der Waals surface area contributed by atoms with Crippen molar-refractivity contribution in [3.05, 3.63) is 28.2 Å². The zero-order valence-corrected chi connectivity index (χ0v) is 11.0. The quantitative estimate of drug-likeness (QED) is 0.896. The normalized spacial score (nSPS) is 24.4. The van der Waals surface area contributed by atoms with Gasteiger partial charge in [-0.05, 0) is 59.9 Å². The van der Waals surface area contributed by atoms with Gasteiger partial charge in [-0.3, -0.25) is 0 Å².